The van der Waals surface area contributed by atoms with E-state index in [0.29, 0.717) is 23.6 Å². The van der Waals surface area contributed by atoms with Gasteiger partial charge >= 0.3 is 0 Å². The maximum atomic E-state index is 12.2. The average molecular weight is 375 g/mol. The summed E-state index contributed by atoms with van der Waals surface area (Å²) in [5.74, 6) is 0.320. The highest BCUT2D eigenvalue weighted by Gasteiger charge is 2.27. The fraction of sp³-hybridized carbons (Fsp3) is 0.333. The van der Waals surface area contributed by atoms with Crippen LogP contribution in [0.2, 0.25) is 0 Å². The molecule has 0 saturated heterocycles. The molecule has 7 nitrogen and oxygen atoms in total. The molecule has 3 rings (SSSR count). The molecule has 138 valence electrons. The van der Waals surface area contributed by atoms with Gasteiger partial charge in [-0.15, -0.1) is 0 Å². The summed E-state index contributed by atoms with van der Waals surface area (Å²) < 4.78 is 32.2. The second-order valence-electron chi connectivity index (χ2n) is 6.21. The lowest BCUT2D eigenvalue weighted by Crippen LogP contribution is -2.25. The van der Waals surface area contributed by atoms with Gasteiger partial charge < -0.3 is 9.84 Å². The van der Waals surface area contributed by atoms with Crippen molar-refractivity contribution in [2.45, 2.75) is 44.0 Å². The average Bonchev–Trinajstić information content (AvgIpc) is 3.36. The second-order valence-corrected chi connectivity index (χ2v) is 7.92. The van der Waals surface area contributed by atoms with Crippen molar-refractivity contribution in [3.05, 3.63) is 41.3 Å². The highest BCUT2D eigenvalue weighted by atomic mass is 32.2. The van der Waals surface area contributed by atoms with Crippen LogP contribution in [-0.4, -0.2) is 25.5 Å². The lowest BCUT2D eigenvalue weighted by Gasteiger charge is -2.05. The number of anilines is 1. The van der Waals surface area contributed by atoms with Gasteiger partial charge in [0.15, 0.2) is 5.76 Å². The summed E-state index contributed by atoms with van der Waals surface area (Å²) in [6.07, 6.45) is 5.61. The normalized spacial score (nSPS) is 14.7. The molecule has 26 heavy (non-hydrogen) atoms. The van der Waals surface area contributed by atoms with Crippen LogP contribution in [0.25, 0.3) is 12.2 Å². The summed E-state index contributed by atoms with van der Waals surface area (Å²) in [5, 5.41) is 6.63. The van der Waals surface area contributed by atoms with Crippen molar-refractivity contribution >= 4 is 33.8 Å². The molecule has 1 aromatic heterocycles. The van der Waals surface area contributed by atoms with Crippen LogP contribution in [0.15, 0.2) is 33.7 Å². The molecular formula is C18H21N3O4S. The second kappa shape index (κ2) is 7.43. The summed E-state index contributed by atoms with van der Waals surface area (Å²) in [6, 6.07) is 6.63. The minimum absolute atomic E-state index is 0.0750. The Morgan fingerprint density at radius 3 is 2.58 bits per heavy atom. The largest absolute Gasteiger partial charge is 0.354 e. The number of hydrogen-bond acceptors (Lipinski definition) is 5. The molecule has 1 heterocycles. The van der Waals surface area contributed by atoms with Crippen LogP contribution in [0.3, 0.4) is 0 Å². The number of amides is 1. The third kappa shape index (κ3) is 4.39. The van der Waals surface area contributed by atoms with Crippen LogP contribution in [0.1, 0.15) is 43.2 Å². The number of carbonyl (C=O) groups is 1. The van der Waals surface area contributed by atoms with E-state index in [9.17, 15) is 13.2 Å². The van der Waals surface area contributed by atoms with Crippen molar-refractivity contribution in [2.75, 3.05) is 5.32 Å². The molecule has 1 aliphatic carbocycles. The topological polar surface area (TPSA) is 101 Å². The number of nitrogens with one attached hydrogen (secondary N) is 2. The van der Waals surface area contributed by atoms with Crippen LogP contribution >= 0.6 is 0 Å². The van der Waals surface area contributed by atoms with Gasteiger partial charge in [-0.25, -0.2) is 13.1 Å². The van der Waals surface area contributed by atoms with Gasteiger partial charge in [0.05, 0.1) is 4.90 Å². The van der Waals surface area contributed by atoms with Crippen molar-refractivity contribution < 1.29 is 17.7 Å². The van der Waals surface area contributed by atoms with E-state index in [1.54, 1.807) is 50.3 Å². The molecule has 2 aromatic rings. The predicted octanol–water partition coefficient (Wildman–Crippen LogP) is 2.94. The maximum absolute atomic E-state index is 12.2. The molecule has 2 N–H and O–H groups in total. The van der Waals surface area contributed by atoms with E-state index in [-0.39, 0.29) is 16.8 Å². The molecule has 0 bridgehead atoms. The number of aromatic nitrogens is 1. The summed E-state index contributed by atoms with van der Waals surface area (Å²) in [5.41, 5.74) is 1.94. The first-order chi connectivity index (χ1) is 12.4. The zero-order valence-corrected chi connectivity index (χ0v) is 15.5. The molecule has 8 heteroatoms. The Morgan fingerprint density at radius 2 is 1.96 bits per heavy atom. The van der Waals surface area contributed by atoms with E-state index < -0.39 is 10.0 Å². The fourth-order valence-electron chi connectivity index (χ4n) is 2.30. The van der Waals surface area contributed by atoms with Gasteiger partial charge in [-0.3, -0.25) is 4.79 Å². The molecule has 0 unspecified atom stereocenters. The van der Waals surface area contributed by atoms with Gasteiger partial charge in [-0.05, 0) is 43.5 Å². The molecule has 0 radical (unpaired) electrons. The monoisotopic (exact) mass is 375 g/mol. The summed E-state index contributed by atoms with van der Waals surface area (Å²) in [6.45, 7) is 3.51. The van der Waals surface area contributed by atoms with Crippen molar-refractivity contribution in [3.63, 3.8) is 0 Å². The molecule has 1 amide bonds. The first-order valence-electron chi connectivity index (χ1n) is 8.45. The van der Waals surface area contributed by atoms with E-state index in [4.69, 9.17) is 4.52 Å². The third-order valence-corrected chi connectivity index (χ3v) is 5.53. The van der Waals surface area contributed by atoms with Crippen LogP contribution in [-0.2, 0) is 14.8 Å². The van der Waals surface area contributed by atoms with Crippen molar-refractivity contribution in [2.24, 2.45) is 0 Å². The van der Waals surface area contributed by atoms with Gasteiger partial charge in [0.25, 0.3) is 0 Å². The molecule has 1 saturated carbocycles. The molecule has 1 fully saturated rings. The molecule has 0 spiro atoms. The van der Waals surface area contributed by atoms with E-state index in [0.717, 1.165) is 18.4 Å². The quantitative estimate of drug-likeness (QED) is 0.775. The Bertz CT molecular complexity index is 926. The highest BCUT2D eigenvalue weighted by molar-refractivity contribution is 7.89. The summed E-state index contributed by atoms with van der Waals surface area (Å²) in [7, 11) is -3.45. The zero-order valence-electron chi connectivity index (χ0n) is 14.7. The fourth-order valence-corrected chi connectivity index (χ4v) is 3.60. The predicted molar refractivity (Wildman–Crippen MR) is 98.9 cm³/mol. The number of rotatable bonds is 7. The minimum atomic E-state index is -3.45. The molecular weight excluding hydrogens is 354 g/mol. The lowest BCUT2D eigenvalue weighted by atomic mass is 10.2. The molecule has 0 atom stereocenters. The lowest BCUT2D eigenvalue weighted by molar-refractivity contribution is -0.115. The number of carbonyl (C=O) groups excluding carboxylic acids is 1. The number of nitrogens with zero attached hydrogens (tertiary/aromatic N) is 1. The Labute approximate surface area is 152 Å². The van der Waals surface area contributed by atoms with E-state index >= 15 is 0 Å². The zero-order chi connectivity index (χ0) is 18.7. The maximum Gasteiger partial charge on any atom is 0.240 e. The van der Waals surface area contributed by atoms with Gasteiger partial charge in [0.2, 0.25) is 15.9 Å². The first-order valence-corrected chi connectivity index (χ1v) is 9.94. The number of sulfonamides is 1. The van der Waals surface area contributed by atoms with Crippen LogP contribution in [0.5, 0.6) is 0 Å². The number of hydrogen-bond donors (Lipinski definition) is 2. The third-order valence-electron chi connectivity index (χ3n) is 3.99. The summed E-state index contributed by atoms with van der Waals surface area (Å²) >= 11 is 0. The minimum Gasteiger partial charge on any atom is -0.354 e. The summed E-state index contributed by atoms with van der Waals surface area (Å²) in [4.78, 5) is 11.8. The van der Waals surface area contributed by atoms with Crippen LogP contribution < -0.4 is 10.0 Å². The molecule has 1 aliphatic rings. The number of benzene rings is 1. The van der Waals surface area contributed by atoms with E-state index in [1.807, 2.05) is 0 Å². The van der Waals surface area contributed by atoms with Crippen LogP contribution in [0.4, 0.5) is 5.69 Å². The van der Waals surface area contributed by atoms with Crippen molar-refractivity contribution in [1.29, 1.82) is 0 Å². The Kier molecular flexibility index (Phi) is 5.24. The van der Waals surface area contributed by atoms with Gasteiger partial charge in [0, 0.05) is 12.5 Å². The van der Waals surface area contributed by atoms with E-state index in [2.05, 4.69) is 15.2 Å². The standard InChI is InChI=1S/C18H21N3O4S/c1-3-17(22)19-18-12(2)20-25-16(18)11-6-13-4-9-15(10-5-13)26(23,24)21-14-7-8-14/h4-6,9-11,14,21H,3,7-8H2,1-2H3,(H,19,22). The van der Waals surface area contributed by atoms with Gasteiger partial charge in [-0.1, -0.05) is 30.3 Å². The van der Waals surface area contributed by atoms with E-state index in [1.165, 1.54) is 0 Å². The van der Waals surface area contributed by atoms with Gasteiger partial charge in [-0.2, -0.15) is 0 Å². The Morgan fingerprint density at radius 1 is 1.27 bits per heavy atom. The van der Waals surface area contributed by atoms with Gasteiger partial charge in [0.1, 0.15) is 11.4 Å². The molecule has 1 aromatic carbocycles. The van der Waals surface area contributed by atoms with Crippen LogP contribution in [0, 0.1) is 6.92 Å². The highest BCUT2D eigenvalue weighted by Crippen LogP contribution is 2.24. The van der Waals surface area contributed by atoms with Crippen molar-refractivity contribution in [1.82, 2.24) is 9.88 Å². The Hall–Kier alpha value is -2.45. The number of aryl methyl sites for hydroxylation is 1. The first kappa shape index (κ1) is 18.3. The molecule has 0 aliphatic heterocycles. The van der Waals surface area contributed by atoms with Crippen molar-refractivity contribution in [3.8, 4) is 0 Å². The SMILES string of the molecule is CCC(=O)Nc1c(C)noc1C=Cc1ccc(S(=O)(=O)NC2CC2)cc1. The smallest absolute Gasteiger partial charge is 0.240 e. The Balaban J connectivity index is 1.74.